The Morgan fingerprint density at radius 2 is 1.94 bits per heavy atom. The molecule has 0 aromatic heterocycles. The maximum absolute atomic E-state index is 12.2. The molecule has 0 aliphatic heterocycles. The molecule has 1 rings (SSSR count). The van der Waals surface area contributed by atoms with E-state index in [9.17, 15) is 17.2 Å². The second-order valence-corrected chi connectivity index (χ2v) is 6.20. The van der Waals surface area contributed by atoms with Gasteiger partial charge in [-0.15, -0.1) is 0 Å². The molecule has 0 radical (unpaired) electrons. The molecule has 0 spiro atoms. The summed E-state index contributed by atoms with van der Waals surface area (Å²) in [5, 5.41) is 0. The van der Waals surface area contributed by atoms with Gasteiger partial charge in [0, 0.05) is 17.9 Å². The molecular weight excluding hydrogens is 264 g/mol. The summed E-state index contributed by atoms with van der Waals surface area (Å²) in [7, 11) is -3.13. The normalized spacial score (nSPS) is 13.6. The first-order chi connectivity index (χ1) is 8.29. The first kappa shape index (κ1) is 14.8. The van der Waals surface area contributed by atoms with Crippen LogP contribution >= 0.6 is 0 Å². The van der Waals surface area contributed by atoms with E-state index < -0.39 is 22.5 Å². The minimum absolute atomic E-state index is 0.0199. The Kier molecular flexibility index (Phi) is 5.03. The molecule has 0 fully saturated rings. The standard InChI is InChI=1S/C11H15F2NO3S/c1-18(15,16)7-6-9(14)8-4-2-3-5-10(8)17-11(12)13/h2-5,9,11H,6-7,14H2,1H3. The summed E-state index contributed by atoms with van der Waals surface area (Å²) in [6.07, 6.45) is 1.25. The van der Waals surface area contributed by atoms with E-state index in [1.165, 1.54) is 6.07 Å². The molecule has 0 aliphatic rings. The van der Waals surface area contributed by atoms with E-state index in [0.717, 1.165) is 6.26 Å². The summed E-state index contributed by atoms with van der Waals surface area (Å²) < 4.78 is 50.7. The van der Waals surface area contributed by atoms with Gasteiger partial charge in [-0.2, -0.15) is 8.78 Å². The number of hydrogen-bond acceptors (Lipinski definition) is 4. The van der Waals surface area contributed by atoms with Gasteiger partial charge in [-0.1, -0.05) is 18.2 Å². The van der Waals surface area contributed by atoms with Crippen molar-refractivity contribution in [2.24, 2.45) is 5.73 Å². The minimum Gasteiger partial charge on any atom is -0.434 e. The number of para-hydroxylation sites is 1. The third-order valence-electron chi connectivity index (χ3n) is 2.33. The zero-order chi connectivity index (χ0) is 13.8. The van der Waals surface area contributed by atoms with Crippen LogP contribution in [-0.2, 0) is 9.84 Å². The van der Waals surface area contributed by atoms with Gasteiger partial charge < -0.3 is 10.5 Å². The van der Waals surface area contributed by atoms with E-state index >= 15 is 0 Å². The van der Waals surface area contributed by atoms with Crippen LogP contribution in [0.15, 0.2) is 24.3 Å². The fourth-order valence-electron chi connectivity index (χ4n) is 1.49. The van der Waals surface area contributed by atoms with Crippen LogP contribution in [0, 0.1) is 0 Å². The van der Waals surface area contributed by atoms with E-state index in [-0.39, 0.29) is 17.9 Å². The van der Waals surface area contributed by atoms with E-state index in [1.54, 1.807) is 18.2 Å². The molecule has 1 unspecified atom stereocenters. The Balaban J connectivity index is 2.81. The number of ether oxygens (including phenoxy) is 1. The lowest BCUT2D eigenvalue weighted by molar-refractivity contribution is -0.0506. The van der Waals surface area contributed by atoms with Crippen molar-refractivity contribution in [1.29, 1.82) is 0 Å². The van der Waals surface area contributed by atoms with Crippen LogP contribution in [0.1, 0.15) is 18.0 Å². The molecule has 0 aliphatic carbocycles. The molecule has 0 heterocycles. The average molecular weight is 279 g/mol. The van der Waals surface area contributed by atoms with Crippen LogP contribution in [0.5, 0.6) is 5.75 Å². The second-order valence-electron chi connectivity index (χ2n) is 3.94. The highest BCUT2D eigenvalue weighted by Crippen LogP contribution is 2.27. The van der Waals surface area contributed by atoms with Crippen LogP contribution in [0.2, 0.25) is 0 Å². The van der Waals surface area contributed by atoms with Crippen LogP contribution in [0.4, 0.5) is 8.78 Å². The maximum atomic E-state index is 12.2. The number of rotatable bonds is 6. The fraction of sp³-hybridized carbons (Fsp3) is 0.455. The number of benzene rings is 1. The SMILES string of the molecule is CS(=O)(=O)CCC(N)c1ccccc1OC(F)F. The highest BCUT2D eigenvalue weighted by molar-refractivity contribution is 7.90. The molecule has 2 N–H and O–H groups in total. The highest BCUT2D eigenvalue weighted by atomic mass is 32.2. The summed E-state index contributed by atoms with van der Waals surface area (Å²) in [5.41, 5.74) is 6.17. The van der Waals surface area contributed by atoms with Gasteiger partial charge in [0.15, 0.2) is 0 Å². The van der Waals surface area contributed by atoms with E-state index in [2.05, 4.69) is 4.74 Å². The highest BCUT2D eigenvalue weighted by Gasteiger charge is 2.16. The zero-order valence-corrected chi connectivity index (χ0v) is 10.7. The van der Waals surface area contributed by atoms with E-state index in [1.807, 2.05) is 0 Å². The van der Waals surface area contributed by atoms with Crippen molar-refractivity contribution in [2.75, 3.05) is 12.0 Å². The van der Waals surface area contributed by atoms with Crippen molar-refractivity contribution in [2.45, 2.75) is 19.1 Å². The Morgan fingerprint density at radius 3 is 2.50 bits per heavy atom. The van der Waals surface area contributed by atoms with Crippen LogP contribution < -0.4 is 10.5 Å². The second kappa shape index (κ2) is 6.10. The zero-order valence-electron chi connectivity index (χ0n) is 9.84. The summed E-state index contributed by atoms with van der Waals surface area (Å²) in [6.45, 7) is -2.94. The van der Waals surface area contributed by atoms with Gasteiger partial charge in [-0.25, -0.2) is 8.42 Å². The van der Waals surface area contributed by atoms with Crippen LogP contribution in [-0.4, -0.2) is 27.0 Å². The monoisotopic (exact) mass is 279 g/mol. The predicted octanol–water partition coefficient (Wildman–Crippen LogP) is 1.72. The van der Waals surface area contributed by atoms with Crippen LogP contribution in [0.3, 0.4) is 0 Å². The molecule has 7 heteroatoms. The summed E-state index contributed by atoms with van der Waals surface area (Å²) in [6, 6.07) is 5.44. The lowest BCUT2D eigenvalue weighted by Crippen LogP contribution is -2.17. The van der Waals surface area contributed by atoms with E-state index in [4.69, 9.17) is 5.73 Å². The molecule has 0 bridgehead atoms. The van der Waals surface area contributed by atoms with Gasteiger partial charge in [0.25, 0.3) is 0 Å². The Morgan fingerprint density at radius 1 is 1.33 bits per heavy atom. The average Bonchev–Trinajstić information content (AvgIpc) is 2.25. The summed E-state index contributed by atoms with van der Waals surface area (Å²) in [4.78, 5) is 0. The molecule has 0 saturated heterocycles. The molecule has 0 saturated carbocycles. The molecule has 18 heavy (non-hydrogen) atoms. The van der Waals surface area contributed by atoms with Crippen LogP contribution in [0.25, 0.3) is 0 Å². The van der Waals surface area contributed by atoms with Gasteiger partial charge >= 0.3 is 6.61 Å². The van der Waals surface area contributed by atoms with Crippen molar-refractivity contribution >= 4 is 9.84 Å². The van der Waals surface area contributed by atoms with Gasteiger partial charge in [-0.05, 0) is 12.5 Å². The Hall–Kier alpha value is -1.21. The number of halogens is 2. The van der Waals surface area contributed by atoms with Crippen molar-refractivity contribution < 1.29 is 21.9 Å². The third kappa shape index (κ3) is 4.97. The van der Waals surface area contributed by atoms with Crippen molar-refractivity contribution in [1.82, 2.24) is 0 Å². The van der Waals surface area contributed by atoms with Crippen molar-refractivity contribution in [3.8, 4) is 5.75 Å². The lowest BCUT2D eigenvalue weighted by Gasteiger charge is -2.16. The largest absolute Gasteiger partial charge is 0.434 e. The Labute approximate surface area is 105 Å². The molecule has 1 aromatic carbocycles. The molecule has 1 atom stereocenters. The topological polar surface area (TPSA) is 69.4 Å². The number of sulfone groups is 1. The van der Waals surface area contributed by atoms with Crippen molar-refractivity contribution in [3.63, 3.8) is 0 Å². The lowest BCUT2D eigenvalue weighted by atomic mass is 10.0. The maximum Gasteiger partial charge on any atom is 0.387 e. The first-order valence-electron chi connectivity index (χ1n) is 5.26. The molecular formula is C11H15F2NO3S. The molecule has 1 aromatic rings. The van der Waals surface area contributed by atoms with E-state index in [0.29, 0.717) is 5.56 Å². The van der Waals surface area contributed by atoms with Gasteiger partial charge in [0.1, 0.15) is 15.6 Å². The van der Waals surface area contributed by atoms with Gasteiger partial charge in [0.05, 0.1) is 5.75 Å². The predicted molar refractivity (Wildman–Crippen MR) is 64.3 cm³/mol. The Bertz CT molecular complexity index is 491. The summed E-state index contributed by atoms with van der Waals surface area (Å²) in [5.74, 6) is -0.120. The molecule has 0 amide bonds. The minimum atomic E-state index is -3.13. The smallest absolute Gasteiger partial charge is 0.387 e. The quantitative estimate of drug-likeness (QED) is 0.861. The third-order valence-corrected chi connectivity index (χ3v) is 3.31. The van der Waals surface area contributed by atoms with Gasteiger partial charge in [0.2, 0.25) is 0 Å². The number of nitrogens with two attached hydrogens (primary N) is 1. The van der Waals surface area contributed by atoms with Gasteiger partial charge in [-0.3, -0.25) is 0 Å². The fourth-order valence-corrected chi connectivity index (χ4v) is 2.17. The number of hydrogen-bond donors (Lipinski definition) is 1. The molecule has 4 nitrogen and oxygen atoms in total. The first-order valence-corrected chi connectivity index (χ1v) is 7.32. The number of alkyl halides is 2. The molecule has 102 valence electrons. The summed E-state index contributed by atoms with van der Waals surface area (Å²) >= 11 is 0. The van der Waals surface area contributed by atoms with Crippen molar-refractivity contribution in [3.05, 3.63) is 29.8 Å².